The maximum Gasteiger partial charge on any atom is 0.0173 e. The smallest absolute Gasteiger partial charge is 0.0173 e. The third kappa shape index (κ3) is 3.95. The van der Waals surface area contributed by atoms with Gasteiger partial charge in [-0.05, 0) is 53.5 Å². The minimum absolute atomic E-state index is 0.253. The Kier molecular flexibility index (Phi) is 6.03. The Labute approximate surface area is 126 Å². The largest absolute Gasteiger partial charge is 0.293 e. The summed E-state index contributed by atoms with van der Waals surface area (Å²) in [5.41, 5.74) is 0.506. The zero-order valence-electron chi connectivity index (χ0n) is 14.3. The second kappa shape index (κ2) is 6.91. The normalized spacial score (nSPS) is 22.9. The molecule has 0 amide bonds. The number of hydrogen-bond donors (Lipinski definition) is 0. The molecule has 0 N–H and O–H groups in total. The van der Waals surface area contributed by atoms with Crippen LogP contribution >= 0.6 is 0 Å². The molecule has 1 aliphatic heterocycles. The molecule has 0 bridgehead atoms. The highest BCUT2D eigenvalue weighted by molar-refractivity contribution is 5.03. The highest BCUT2D eigenvalue weighted by atomic mass is 15.3. The van der Waals surface area contributed by atoms with Gasteiger partial charge in [-0.3, -0.25) is 9.80 Å². The van der Waals surface area contributed by atoms with Gasteiger partial charge in [-0.25, -0.2) is 0 Å². The molecule has 1 saturated heterocycles. The van der Waals surface area contributed by atoms with Gasteiger partial charge in [0.1, 0.15) is 0 Å². The van der Waals surface area contributed by atoms with Crippen molar-refractivity contribution in [1.29, 1.82) is 0 Å². The summed E-state index contributed by atoms with van der Waals surface area (Å²) in [4.78, 5) is 5.23. The van der Waals surface area contributed by atoms with E-state index in [1.54, 1.807) is 0 Å². The third-order valence-corrected chi connectivity index (χ3v) is 4.62. The Morgan fingerprint density at radius 1 is 1.05 bits per heavy atom. The fourth-order valence-corrected chi connectivity index (χ4v) is 4.06. The van der Waals surface area contributed by atoms with Gasteiger partial charge in [-0.15, -0.1) is 13.2 Å². The highest BCUT2D eigenvalue weighted by Gasteiger charge is 2.45. The first-order valence-electron chi connectivity index (χ1n) is 8.02. The maximum absolute atomic E-state index is 3.91. The van der Waals surface area contributed by atoms with E-state index in [-0.39, 0.29) is 11.1 Å². The summed E-state index contributed by atoms with van der Waals surface area (Å²) < 4.78 is 0. The van der Waals surface area contributed by atoms with Crippen LogP contribution in [-0.4, -0.2) is 46.6 Å². The molecule has 0 unspecified atom stereocenters. The van der Waals surface area contributed by atoms with E-state index in [1.165, 1.54) is 25.8 Å². The second-order valence-electron chi connectivity index (χ2n) is 7.37. The van der Waals surface area contributed by atoms with Crippen molar-refractivity contribution in [2.24, 2.45) is 0 Å². The van der Waals surface area contributed by atoms with E-state index in [0.29, 0.717) is 6.04 Å². The van der Waals surface area contributed by atoms with E-state index >= 15 is 0 Å². The summed E-state index contributed by atoms with van der Waals surface area (Å²) in [7, 11) is 0. The van der Waals surface area contributed by atoms with Crippen molar-refractivity contribution in [2.45, 2.75) is 71.0 Å². The van der Waals surface area contributed by atoms with Gasteiger partial charge >= 0.3 is 0 Å². The van der Waals surface area contributed by atoms with Gasteiger partial charge < -0.3 is 0 Å². The molecule has 0 saturated carbocycles. The molecule has 0 atom stereocenters. The topological polar surface area (TPSA) is 6.48 Å². The van der Waals surface area contributed by atoms with Crippen LogP contribution in [-0.2, 0) is 0 Å². The van der Waals surface area contributed by atoms with E-state index < -0.39 is 0 Å². The lowest BCUT2D eigenvalue weighted by atomic mass is 9.76. The summed E-state index contributed by atoms with van der Waals surface area (Å²) >= 11 is 0. The Morgan fingerprint density at radius 3 is 1.85 bits per heavy atom. The predicted molar refractivity (Wildman–Crippen MR) is 90.1 cm³/mol. The highest BCUT2D eigenvalue weighted by Crippen LogP contribution is 2.40. The van der Waals surface area contributed by atoms with Crippen LogP contribution in [0.1, 0.15) is 53.9 Å². The molecule has 0 radical (unpaired) electrons. The molecule has 1 aliphatic rings. The van der Waals surface area contributed by atoms with Crippen LogP contribution in [0.15, 0.2) is 25.3 Å². The van der Waals surface area contributed by atoms with Gasteiger partial charge in [0, 0.05) is 30.2 Å². The quantitative estimate of drug-likeness (QED) is 0.647. The lowest BCUT2D eigenvalue weighted by Gasteiger charge is -2.57. The van der Waals surface area contributed by atoms with Crippen LogP contribution in [0, 0.1) is 0 Å². The molecule has 1 heterocycles. The van der Waals surface area contributed by atoms with E-state index in [0.717, 1.165) is 13.1 Å². The first kappa shape index (κ1) is 17.5. The fourth-order valence-electron chi connectivity index (χ4n) is 4.06. The van der Waals surface area contributed by atoms with E-state index in [4.69, 9.17) is 0 Å². The second-order valence-corrected chi connectivity index (χ2v) is 7.37. The molecule has 0 aromatic heterocycles. The molecule has 0 aromatic rings. The summed E-state index contributed by atoms with van der Waals surface area (Å²) in [6.45, 7) is 22.8. The average Bonchev–Trinajstić information content (AvgIpc) is 2.32. The van der Waals surface area contributed by atoms with Crippen LogP contribution in [0.3, 0.4) is 0 Å². The molecule has 1 fully saturated rings. The molecular formula is C18H34N2. The minimum atomic E-state index is 0.253. The van der Waals surface area contributed by atoms with Gasteiger partial charge in [0.25, 0.3) is 0 Å². The Bertz CT molecular complexity index is 302. The molecule has 2 nitrogen and oxygen atoms in total. The lowest BCUT2D eigenvalue weighted by Crippen LogP contribution is -2.64. The fraction of sp³-hybridized carbons (Fsp3) is 0.778. The first-order valence-corrected chi connectivity index (χ1v) is 8.02. The number of likely N-dealkylation sites (tertiary alicyclic amines) is 1. The standard InChI is InChI=1S/C18H34N2/c1-8-11-19(12-9-2)16-14-17(4,5)20(13-10-3)18(6,7)15-16/h8-9,16H,1-2,10-15H2,3-7H3. The van der Waals surface area contributed by atoms with Crippen molar-refractivity contribution in [2.75, 3.05) is 19.6 Å². The van der Waals surface area contributed by atoms with Crippen LogP contribution in [0.5, 0.6) is 0 Å². The molecule has 2 heteroatoms. The molecular weight excluding hydrogens is 244 g/mol. The summed E-state index contributed by atoms with van der Waals surface area (Å²) in [6.07, 6.45) is 7.70. The van der Waals surface area contributed by atoms with Crippen LogP contribution in [0.4, 0.5) is 0 Å². The van der Waals surface area contributed by atoms with Gasteiger partial charge in [-0.2, -0.15) is 0 Å². The van der Waals surface area contributed by atoms with E-state index in [2.05, 4.69) is 57.6 Å². The zero-order valence-corrected chi connectivity index (χ0v) is 14.3. The van der Waals surface area contributed by atoms with Crippen molar-refractivity contribution >= 4 is 0 Å². The number of rotatable bonds is 7. The summed E-state index contributed by atoms with van der Waals surface area (Å²) in [5.74, 6) is 0. The van der Waals surface area contributed by atoms with Crippen molar-refractivity contribution in [3.05, 3.63) is 25.3 Å². The zero-order chi connectivity index (χ0) is 15.4. The lowest BCUT2D eigenvalue weighted by molar-refractivity contribution is -0.0617. The molecule has 1 rings (SSSR count). The van der Waals surface area contributed by atoms with E-state index in [9.17, 15) is 0 Å². The SMILES string of the molecule is C=CCN(CC=C)C1CC(C)(C)N(CCC)C(C)(C)C1. The van der Waals surface area contributed by atoms with Crippen LogP contribution < -0.4 is 0 Å². The van der Waals surface area contributed by atoms with Crippen molar-refractivity contribution in [3.8, 4) is 0 Å². The minimum Gasteiger partial charge on any atom is -0.293 e. The molecule has 0 aliphatic carbocycles. The van der Waals surface area contributed by atoms with Gasteiger partial charge in [0.2, 0.25) is 0 Å². The monoisotopic (exact) mass is 278 g/mol. The average molecular weight is 278 g/mol. The Morgan fingerprint density at radius 2 is 1.50 bits per heavy atom. The predicted octanol–water partition coefficient (Wildman–Crippen LogP) is 4.09. The number of hydrogen-bond acceptors (Lipinski definition) is 2. The van der Waals surface area contributed by atoms with Crippen LogP contribution in [0.25, 0.3) is 0 Å². The van der Waals surface area contributed by atoms with Crippen molar-refractivity contribution in [1.82, 2.24) is 9.80 Å². The first-order chi connectivity index (χ1) is 9.28. The number of piperidine rings is 1. The number of nitrogens with zero attached hydrogens (tertiary/aromatic N) is 2. The third-order valence-electron chi connectivity index (χ3n) is 4.62. The van der Waals surface area contributed by atoms with Crippen molar-refractivity contribution < 1.29 is 0 Å². The van der Waals surface area contributed by atoms with Gasteiger partial charge in [-0.1, -0.05) is 19.1 Å². The maximum atomic E-state index is 3.91. The Hall–Kier alpha value is -0.600. The molecule has 20 heavy (non-hydrogen) atoms. The van der Waals surface area contributed by atoms with Gasteiger partial charge in [0.15, 0.2) is 0 Å². The van der Waals surface area contributed by atoms with Crippen molar-refractivity contribution in [3.63, 3.8) is 0 Å². The van der Waals surface area contributed by atoms with E-state index in [1.807, 2.05) is 12.2 Å². The summed E-state index contributed by atoms with van der Waals surface area (Å²) in [5, 5.41) is 0. The molecule has 0 aromatic carbocycles. The summed E-state index contributed by atoms with van der Waals surface area (Å²) in [6, 6.07) is 0.615. The Balaban J connectivity index is 2.94. The molecule has 0 spiro atoms. The molecule has 116 valence electrons. The van der Waals surface area contributed by atoms with Crippen LogP contribution in [0.2, 0.25) is 0 Å². The van der Waals surface area contributed by atoms with Gasteiger partial charge in [0.05, 0.1) is 0 Å².